The molecular weight excluding hydrogens is 621 g/mol. The molecule has 0 spiro atoms. The lowest BCUT2D eigenvalue weighted by Gasteiger charge is -2.13. The molecule has 1 aliphatic heterocycles. The van der Waals surface area contributed by atoms with Crippen molar-refractivity contribution >= 4 is 63.5 Å². The number of hydrogen-bond acceptors (Lipinski definition) is 9. The average Bonchev–Trinajstić information content (AvgIpc) is 3.23. The number of carbonyl (C=O) groups is 1. The van der Waals surface area contributed by atoms with E-state index in [9.17, 15) is 25.0 Å². The van der Waals surface area contributed by atoms with E-state index in [1.807, 2.05) is 0 Å². The zero-order chi connectivity index (χ0) is 26.7. The minimum absolute atomic E-state index is 0.00926. The van der Waals surface area contributed by atoms with Crippen LogP contribution < -0.4 is 9.47 Å². The van der Waals surface area contributed by atoms with Crippen LogP contribution in [0.25, 0.3) is 6.08 Å². The van der Waals surface area contributed by atoms with Gasteiger partial charge in [0.15, 0.2) is 17.2 Å². The van der Waals surface area contributed by atoms with E-state index < -0.39 is 15.8 Å². The van der Waals surface area contributed by atoms with Gasteiger partial charge in [0.05, 0.1) is 20.5 Å². The molecule has 0 bridgehead atoms. The molecule has 0 atom stereocenters. The minimum atomic E-state index is -0.722. The Morgan fingerprint density at radius 3 is 2.46 bits per heavy atom. The van der Waals surface area contributed by atoms with Crippen LogP contribution in [0, 0.1) is 23.8 Å². The van der Waals surface area contributed by atoms with Gasteiger partial charge in [0, 0.05) is 23.8 Å². The minimum Gasteiger partial charge on any atom is -0.493 e. The number of esters is 1. The molecule has 13 heteroatoms. The first-order valence-electron chi connectivity index (χ1n) is 10.4. The van der Waals surface area contributed by atoms with Gasteiger partial charge in [-0.25, -0.2) is 9.79 Å². The van der Waals surface area contributed by atoms with Gasteiger partial charge in [-0.15, -0.1) is 0 Å². The van der Waals surface area contributed by atoms with Crippen molar-refractivity contribution in [2.75, 3.05) is 7.11 Å². The molecule has 0 aromatic heterocycles. The summed E-state index contributed by atoms with van der Waals surface area (Å²) in [6.45, 7) is 0.151. The Morgan fingerprint density at radius 1 is 1.08 bits per heavy atom. The van der Waals surface area contributed by atoms with Crippen LogP contribution in [0.1, 0.15) is 16.7 Å². The number of rotatable bonds is 8. The summed E-state index contributed by atoms with van der Waals surface area (Å²) in [5.41, 5.74) is 1.17. The van der Waals surface area contributed by atoms with Crippen molar-refractivity contribution in [2.24, 2.45) is 4.99 Å². The first-order valence-corrected chi connectivity index (χ1v) is 11.8. The molecule has 0 aliphatic carbocycles. The maximum atomic E-state index is 12.4. The standard InChI is InChI=1S/C24H15ClIN3O8/c1-35-21-10-14(8-18(26)22(21)36-12-13-2-5-16(6-3-13)28(31)32)9-19-24(30)37-23(27-19)15-4-7-17(25)20(11-15)29(33)34/h2-11H,12H2,1H3/b19-9-. The van der Waals surface area contributed by atoms with Gasteiger partial charge in [-0.3, -0.25) is 20.2 Å². The molecule has 0 saturated carbocycles. The van der Waals surface area contributed by atoms with Crippen molar-refractivity contribution in [2.45, 2.75) is 6.61 Å². The molecule has 188 valence electrons. The largest absolute Gasteiger partial charge is 0.493 e. The van der Waals surface area contributed by atoms with Crippen molar-refractivity contribution in [3.8, 4) is 11.5 Å². The fourth-order valence-corrected chi connectivity index (χ4v) is 4.28. The van der Waals surface area contributed by atoms with Crippen molar-refractivity contribution in [3.05, 3.63) is 106 Å². The quantitative estimate of drug-likeness (QED) is 0.101. The van der Waals surface area contributed by atoms with Crippen LogP contribution in [-0.4, -0.2) is 28.8 Å². The Hall–Kier alpha value is -4.04. The molecule has 37 heavy (non-hydrogen) atoms. The summed E-state index contributed by atoms with van der Waals surface area (Å²) in [5.74, 6) is 0.0422. The Kier molecular flexibility index (Phi) is 7.69. The normalized spacial score (nSPS) is 13.8. The second-order valence-corrected chi connectivity index (χ2v) is 9.08. The van der Waals surface area contributed by atoms with Gasteiger partial charge >= 0.3 is 5.97 Å². The van der Waals surface area contributed by atoms with Crippen LogP contribution in [0.2, 0.25) is 5.02 Å². The lowest BCUT2D eigenvalue weighted by molar-refractivity contribution is -0.385. The number of hydrogen-bond donors (Lipinski definition) is 0. The maximum Gasteiger partial charge on any atom is 0.363 e. The van der Waals surface area contributed by atoms with E-state index >= 15 is 0 Å². The number of benzene rings is 3. The molecule has 4 rings (SSSR count). The molecule has 1 heterocycles. The van der Waals surface area contributed by atoms with Crippen LogP contribution in [0.3, 0.4) is 0 Å². The van der Waals surface area contributed by atoms with E-state index in [-0.39, 0.29) is 40.2 Å². The molecule has 0 unspecified atom stereocenters. The molecule has 3 aromatic carbocycles. The third kappa shape index (κ3) is 5.86. The molecule has 11 nitrogen and oxygen atoms in total. The number of non-ortho nitro benzene ring substituents is 1. The zero-order valence-corrected chi connectivity index (χ0v) is 21.8. The molecule has 3 aromatic rings. The van der Waals surface area contributed by atoms with Gasteiger partial charge in [-0.2, -0.15) is 0 Å². The average molecular weight is 636 g/mol. The highest BCUT2D eigenvalue weighted by Gasteiger charge is 2.26. The van der Waals surface area contributed by atoms with Gasteiger partial charge in [0.25, 0.3) is 11.4 Å². The number of aliphatic imine (C=N–C) groups is 1. The van der Waals surface area contributed by atoms with E-state index in [1.165, 1.54) is 43.5 Å². The smallest absolute Gasteiger partial charge is 0.363 e. The molecule has 0 saturated heterocycles. The Balaban J connectivity index is 1.57. The number of nitrogens with zero attached hydrogens (tertiary/aromatic N) is 3. The van der Waals surface area contributed by atoms with Gasteiger partial charge in [-0.1, -0.05) is 11.6 Å². The summed E-state index contributed by atoms with van der Waals surface area (Å²) in [5, 5.41) is 21.9. The van der Waals surface area contributed by atoms with Crippen LogP contribution in [0.4, 0.5) is 11.4 Å². The zero-order valence-electron chi connectivity index (χ0n) is 18.8. The van der Waals surface area contributed by atoms with E-state index in [1.54, 1.807) is 24.3 Å². The van der Waals surface area contributed by atoms with Gasteiger partial charge in [-0.05, 0) is 76.2 Å². The molecule has 0 fully saturated rings. The highest BCUT2D eigenvalue weighted by molar-refractivity contribution is 14.1. The molecule has 0 amide bonds. The van der Waals surface area contributed by atoms with Gasteiger partial charge in [0.1, 0.15) is 11.6 Å². The topological polar surface area (TPSA) is 143 Å². The van der Waals surface area contributed by atoms with Crippen molar-refractivity contribution < 1.29 is 28.9 Å². The third-order valence-corrected chi connectivity index (χ3v) is 6.22. The van der Waals surface area contributed by atoms with Gasteiger partial charge in [0.2, 0.25) is 5.90 Å². The first kappa shape index (κ1) is 26.0. The summed E-state index contributed by atoms with van der Waals surface area (Å²) in [4.78, 5) is 37.5. The van der Waals surface area contributed by atoms with Gasteiger partial charge < -0.3 is 14.2 Å². The lowest BCUT2D eigenvalue weighted by atomic mass is 10.1. The highest BCUT2D eigenvalue weighted by Crippen LogP contribution is 2.36. The summed E-state index contributed by atoms with van der Waals surface area (Å²) in [6, 6.07) is 13.4. The first-order chi connectivity index (χ1) is 17.7. The maximum absolute atomic E-state index is 12.4. The lowest BCUT2D eigenvalue weighted by Crippen LogP contribution is -2.06. The molecular formula is C24H15ClIN3O8. The Bertz CT molecular complexity index is 1490. The van der Waals surface area contributed by atoms with E-state index in [4.69, 9.17) is 25.8 Å². The van der Waals surface area contributed by atoms with Crippen molar-refractivity contribution in [1.82, 2.24) is 0 Å². The van der Waals surface area contributed by atoms with Crippen molar-refractivity contribution in [3.63, 3.8) is 0 Å². The number of methoxy groups -OCH3 is 1. The molecule has 1 aliphatic rings. The highest BCUT2D eigenvalue weighted by atomic mass is 127. The SMILES string of the molecule is COc1cc(/C=C2\N=C(c3ccc(Cl)c([N+](=O)[O-])c3)OC2=O)cc(I)c1OCc1ccc([N+](=O)[O-])cc1. The Labute approximate surface area is 227 Å². The van der Waals surface area contributed by atoms with E-state index in [0.29, 0.717) is 20.6 Å². The summed E-state index contributed by atoms with van der Waals surface area (Å²) >= 11 is 7.90. The number of cyclic esters (lactones) is 1. The predicted molar refractivity (Wildman–Crippen MR) is 142 cm³/mol. The van der Waals surface area contributed by atoms with Crippen LogP contribution in [0.15, 0.2) is 65.3 Å². The second-order valence-electron chi connectivity index (χ2n) is 7.51. The fraction of sp³-hybridized carbons (Fsp3) is 0.0833. The number of ether oxygens (including phenoxy) is 3. The third-order valence-electron chi connectivity index (χ3n) is 5.10. The fourth-order valence-electron chi connectivity index (χ4n) is 3.31. The Morgan fingerprint density at radius 2 is 1.81 bits per heavy atom. The number of halogens is 2. The van der Waals surface area contributed by atoms with E-state index in [0.717, 1.165) is 5.56 Å². The van der Waals surface area contributed by atoms with Crippen LogP contribution in [-0.2, 0) is 16.1 Å². The predicted octanol–water partition coefficient (Wildman–Crippen LogP) is 5.69. The summed E-state index contributed by atoms with van der Waals surface area (Å²) in [7, 11) is 1.47. The van der Waals surface area contributed by atoms with Crippen LogP contribution >= 0.6 is 34.2 Å². The number of nitro groups is 2. The number of nitro benzene ring substituents is 2. The number of carbonyl (C=O) groups excluding carboxylic acids is 1. The molecule has 0 N–H and O–H groups in total. The van der Waals surface area contributed by atoms with E-state index in [2.05, 4.69) is 27.6 Å². The monoisotopic (exact) mass is 635 g/mol. The van der Waals surface area contributed by atoms with Crippen molar-refractivity contribution in [1.29, 1.82) is 0 Å². The molecule has 0 radical (unpaired) electrons. The summed E-state index contributed by atoms with van der Waals surface area (Å²) in [6.07, 6.45) is 1.49. The summed E-state index contributed by atoms with van der Waals surface area (Å²) < 4.78 is 17.2. The van der Waals surface area contributed by atoms with Crippen LogP contribution in [0.5, 0.6) is 11.5 Å². The second kappa shape index (κ2) is 10.9.